The molecule has 0 atom stereocenters. The Bertz CT molecular complexity index is 612. The van der Waals surface area contributed by atoms with Crippen LogP contribution in [0.1, 0.15) is 18.4 Å². The summed E-state index contributed by atoms with van der Waals surface area (Å²) in [4.78, 5) is 21.3. The number of hydrogen-bond acceptors (Lipinski definition) is 4. The average Bonchev–Trinajstić information content (AvgIpc) is 3.16. The number of carbonyl (C=O) groups is 1. The Balaban J connectivity index is 2.15. The second kappa shape index (κ2) is 5.47. The molecule has 2 rings (SSSR count). The molecule has 1 aromatic carbocycles. The molecule has 0 bridgehead atoms. The number of benzene rings is 1. The SMILES string of the molecule is COc1ccc(CC2(NC(=O)C(F)(F)F)CC2)cc1[N+](=O)[O-]. The van der Waals surface area contributed by atoms with Crippen molar-refractivity contribution in [3.05, 3.63) is 33.9 Å². The molecule has 1 amide bonds. The largest absolute Gasteiger partial charge is 0.490 e. The van der Waals surface area contributed by atoms with Gasteiger partial charge >= 0.3 is 17.8 Å². The number of alkyl halides is 3. The minimum atomic E-state index is -4.94. The highest BCUT2D eigenvalue weighted by atomic mass is 19.4. The van der Waals surface area contributed by atoms with E-state index in [9.17, 15) is 28.1 Å². The molecule has 0 heterocycles. The van der Waals surface area contributed by atoms with Crippen LogP contribution in [0.15, 0.2) is 18.2 Å². The standard InChI is InChI=1S/C13H13F3N2O4/c1-22-10-3-2-8(6-9(10)18(20)21)7-12(4-5-12)17-11(19)13(14,15)16/h2-3,6H,4-5,7H2,1H3,(H,17,19). The molecule has 1 aliphatic carbocycles. The van der Waals surface area contributed by atoms with E-state index in [0.717, 1.165) is 0 Å². The Morgan fingerprint density at radius 3 is 2.55 bits per heavy atom. The van der Waals surface area contributed by atoms with Crippen molar-refractivity contribution in [2.24, 2.45) is 0 Å². The highest BCUT2D eigenvalue weighted by Gasteiger charge is 2.49. The van der Waals surface area contributed by atoms with Gasteiger partial charge in [-0.2, -0.15) is 13.2 Å². The lowest BCUT2D eigenvalue weighted by atomic mass is 10.0. The molecule has 6 nitrogen and oxygen atoms in total. The molecule has 9 heteroatoms. The van der Waals surface area contributed by atoms with Gasteiger partial charge in [0, 0.05) is 11.6 Å². The van der Waals surface area contributed by atoms with Crippen LogP contribution in [0.2, 0.25) is 0 Å². The lowest BCUT2D eigenvalue weighted by Gasteiger charge is -2.18. The summed E-state index contributed by atoms with van der Waals surface area (Å²) in [5, 5.41) is 12.9. The van der Waals surface area contributed by atoms with Gasteiger partial charge in [-0.25, -0.2) is 0 Å². The molecule has 0 aromatic heterocycles. The van der Waals surface area contributed by atoms with Crippen LogP contribution in [0.3, 0.4) is 0 Å². The molecular weight excluding hydrogens is 305 g/mol. The Kier molecular flexibility index (Phi) is 3.99. The lowest BCUT2D eigenvalue weighted by Crippen LogP contribution is -2.45. The van der Waals surface area contributed by atoms with E-state index >= 15 is 0 Å². The summed E-state index contributed by atoms with van der Waals surface area (Å²) in [6.07, 6.45) is -4.05. The summed E-state index contributed by atoms with van der Waals surface area (Å²) in [6, 6.07) is 4.17. The number of rotatable bonds is 5. The molecule has 0 unspecified atom stereocenters. The van der Waals surface area contributed by atoms with Crippen LogP contribution in [0, 0.1) is 10.1 Å². The third-order valence-electron chi connectivity index (χ3n) is 3.47. The van der Waals surface area contributed by atoms with Gasteiger partial charge in [-0.1, -0.05) is 6.07 Å². The molecule has 0 radical (unpaired) electrons. The number of nitro benzene ring substituents is 1. The van der Waals surface area contributed by atoms with Crippen molar-refractivity contribution in [3.63, 3.8) is 0 Å². The van der Waals surface area contributed by atoms with E-state index < -0.39 is 22.5 Å². The van der Waals surface area contributed by atoms with Crippen molar-refractivity contribution in [1.82, 2.24) is 5.32 Å². The highest BCUT2D eigenvalue weighted by Crippen LogP contribution is 2.40. The molecule has 1 aromatic rings. The molecule has 1 saturated carbocycles. The van der Waals surface area contributed by atoms with Crippen LogP contribution < -0.4 is 10.1 Å². The average molecular weight is 318 g/mol. The Morgan fingerprint density at radius 1 is 1.45 bits per heavy atom. The van der Waals surface area contributed by atoms with Crippen LogP contribution >= 0.6 is 0 Å². The Morgan fingerprint density at radius 2 is 2.09 bits per heavy atom. The molecule has 0 spiro atoms. The van der Waals surface area contributed by atoms with Crippen LogP contribution in [0.25, 0.3) is 0 Å². The topological polar surface area (TPSA) is 81.5 Å². The van der Waals surface area contributed by atoms with Gasteiger partial charge in [-0.05, 0) is 30.9 Å². The minimum absolute atomic E-state index is 0.0675. The van der Waals surface area contributed by atoms with Crippen LogP contribution in [-0.4, -0.2) is 29.7 Å². The fourth-order valence-corrected chi connectivity index (χ4v) is 2.19. The quantitative estimate of drug-likeness (QED) is 0.667. The molecule has 22 heavy (non-hydrogen) atoms. The normalized spacial score (nSPS) is 16.0. The fraction of sp³-hybridized carbons (Fsp3) is 0.462. The maximum atomic E-state index is 12.3. The smallest absolute Gasteiger partial charge is 0.471 e. The maximum Gasteiger partial charge on any atom is 0.471 e. The first kappa shape index (κ1) is 16.1. The number of methoxy groups -OCH3 is 1. The summed E-state index contributed by atoms with van der Waals surface area (Å²) >= 11 is 0. The Labute approximate surface area is 123 Å². The van der Waals surface area contributed by atoms with Crippen molar-refractivity contribution in [1.29, 1.82) is 0 Å². The zero-order valence-corrected chi connectivity index (χ0v) is 11.6. The zero-order chi connectivity index (χ0) is 16.5. The predicted molar refractivity (Wildman–Crippen MR) is 69.5 cm³/mol. The molecule has 1 aliphatic rings. The van der Waals surface area contributed by atoms with E-state index in [1.165, 1.54) is 25.3 Å². The number of halogens is 3. The summed E-state index contributed by atoms with van der Waals surface area (Å²) in [7, 11) is 1.29. The lowest BCUT2D eigenvalue weighted by molar-refractivity contribution is -0.385. The number of nitro groups is 1. The number of carbonyl (C=O) groups excluding carboxylic acids is 1. The molecule has 0 aliphatic heterocycles. The highest BCUT2D eigenvalue weighted by molar-refractivity contribution is 5.82. The molecule has 120 valence electrons. The van der Waals surface area contributed by atoms with Gasteiger partial charge < -0.3 is 10.1 Å². The van der Waals surface area contributed by atoms with Crippen molar-refractivity contribution < 1.29 is 27.6 Å². The second-order valence-corrected chi connectivity index (χ2v) is 5.17. The van der Waals surface area contributed by atoms with E-state index in [-0.39, 0.29) is 17.9 Å². The van der Waals surface area contributed by atoms with Crippen LogP contribution in [-0.2, 0) is 11.2 Å². The summed E-state index contributed by atoms with van der Waals surface area (Å²) in [5.74, 6) is -1.93. The van der Waals surface area contributed by atoms with E-state index in [2.05, 4.69) is 0 Å². The summed E-state index contributed by atoms with van der Waals surface area (Å²) in [6.45, 7) is 0. The zero-order valence-electron chi connectivity index (χ0n) is 11.6. The van der Waals surface area contributed by atoms with E-state index in [0.29, 0.717) is 18.4 Å². The summed E-state index contributed by atoms with van der Waals surface area (Å²) in [5.41, 5.74) is -0.778. The van der Waals surface area contributed by atoms with Gasteiger partial charge in [0.1, 0.15) is 0 Å². The number of nitrogens with zero attached hydrogens (tertiary/aromatic N) is 1. The van der Waals surface area contributed by atoms with Gasteiger partial charge in [-0.3, -0.25) is 14.9 Å². The van der Waals surface area contributed by atoms with E-state index in [4.69, 9.17) is 4.74 Å². The van der Waals surface area contributed by atoms with E-state index in [1.807, 2.05) is 5.32 Å². The minimum Gasteiger partial charge on any atom is -0.490 e. The monoisotopic (exact) mass is 318 g/mol. The first-order chi connectivity index (χ1) is 10.2. The van der Waals surface area contributed by atoms with Crippen LogP contribution in [0.4, 0.5) is 18.9 Å². The Hall–Kier alpha value is -2.32. The number of amides is 1. The first-order valence-electron chi connectivity index (χ1n) is 6.37. The number of nitrogens with one attached hydrogen (secondary N) is 1. The maximum absolute atomic E-state index is 12.3. The second-order valence-electron chi connectivity index (χ2n) is 5.17. The van der Waals surface area contributed by atoms with Crippen molar-refractivity contribution in [2.75, 3.05) is 7.11 Å². The van der Waals surface area contributed by atoms with Gasteiger partial charge in [0.05, 0.1) is 12.0 Å². The molecule has 0 saturated heterocycles. The van der Waals surface area contributed by atoms with Gasteiger partial charge in [-0.15, -0.1) is 0 Å². The van der Waals surface area contributed by atoms with E-state index in [1.54, 1.807) is 0 Å². The van der Waals surface area contributed by atoms with Gasteiger partial charge in [0.2, 0.25) is 0 Å². The predicted octanol–water partition coefficient (Wildman–Crippen LogP) is 2.36. The van der Waals surface area contributed by atoms with Crippen molar-refractivity contribution in [3.8, 4) is 5.75 Å². The molecule has 1 N–H and O–H groups in total. The summed E-state index contributed by atoms with van der Waals surface area (Å²) < 4.78 is 41.7. The molecule has 1 fully saturated rings. The first-order valence-corrected chi connectivity index (χ1v) is 6.37. The fourth-order valence-electron chi connectivity index (χ4n) is 2.19. The van der Waals surface area contributed by atoms with Gasteiger partial charge in [0.15, 0.2) is 5.75 Å². The number of ether oxygens (including phenoxy) is 1. The van der Waals surface area contributed by atoms with Crippen LogP contribution in [0.5, 0.6) is 5.75 Å². The van der Waals surface area contributed by atoms with Crippen molar-refractivity contribution >= 4 is 11.6 Å². The third kappa shape index (κ3) is 3.46. The van der Waals surface area contributed by atoms with Crippen molar-refractivity contribution in [2.45, 2.75) is 31.0 Å². The van der Waals surface area contributed by atoms with Gasteiger partial charge in [0.25, 0.3) is 0 Å². The molecular formula is C13H13F3N2O4. The number of hydrogen-bond donors (Lipinski definition) is 1. The third-order valence-corrected chi connectivity index (χ3v) is 3.47.